The predicted octanol–water partition coefficient (Wildman–Crippen LogP) is 1.30. The normalized spacial score (nSPS) is 20.1. The number of benzene rings is 1. The highest BCUT2D eigenvalue weighted by Gasteiger charge is 2.34. The molecule has 8 heteroatoms. The summed E-state index contributed by atoms with van der Waals surface area (Å²) >= 11 is 0. The number of amides is 1. The van der Waals surface area contributed by atoms with E-state index in [1.165, 1.54) is 25.3 Å². The molecule has 120 valence electrons. The Morgan fingerprint density at radius 3 is 2.64 bits per heavy atom. The number of carboxylic acid groups (broad SMARTS) is 1. The molecule has 1 aliphatic heterocycles. The van der Waals surface area contributed by atoms with Crippen LogP contribution in [0.15, 0.2) is 18.2 Å². The van der Waals surface area contributed by atoms with Gasteiger partial charge in [-0.3, -0.25) is 4.79 Å². The minimum atomic E-state index is -3.42. The number of methoxy groups -OCH3 is 1. The maximum Gasteiger partial charge on any atom is 0.339 e. The van der Waals surface area contributed by atoms with Crippen molar-refractivity contribution in [3.05, 3.63) is 23.8 Å². The second-order valence-electron chi connectivity index (χ2n) is 5.06. The van der Waals surface area contributed by atoms with Crippen LogP contribution in [0.2, 0.25) is 0 Å². The fraction of sp³-hybridized carbons (Fsp3) is 0.429. The average molecular weight is 327 g/mol. The molecule has 0 bridgehead atoms. The van der Waals surface area contributed by atoms with E-state index in [1.54, 1.807) is 0 Å². The molecule has 22 heavy (non-hydrogen) atoms. The number of rotatable bonds is 4. The van der Waals surface area contributed by atoms with Crippen molar-refractivity contribution in [3.8, 4) is 5.75 Å². The van der Waals surface area contributed by atoms with Crippen LogP contribution in [-0.4, -0.2) is 43.5 Å². The SMILES string of the molecule is COc1cc(NC(=O)C2CCCCS2(=O)=O)ccc1C(=O)O. The largest absolute Gasteiger partial charge is 0.496 e. The van der Waals surface area contributed by atoms with Crippen LogP contribution in [0.4, 0.5) is 5.69 Å². The van der Waals surface area contributed by atoms with Crippen LogP contribution >= 0.6 is 0 Å². The van der Waals surface area contributed by atoms with Crippen molar-refractivity contribution in [2.45, 2.75) is 24.5 Å². The van der Waals surface area contributed by atoms with Gasteiger partial charge in [-0.1, -0.05) is 6.42 Å². The molecule has 0 spiro atoms. The third-order valence-corrected chi connectivity index (χ3v) is 5.75. The third-order valence-electron chi connectivity index (χ3n) is 3.57. The molecule has 7 nitrogen and oxygen atoms in total. The zero-order valence-corrected chi connectivity index (χ0v) is 12.9. The number of aromatic carboxylic acids is 1. The van der Waals surface area contributed by atoms with Crippen LogP contribution in [0.25, 0.3) is 0 Å². The van der Waals surface area contributed by atoms with Gasteiger partial charge in [0.2, 0.25) is 5.91 Å². The van der Waals surface area contributed by atoms with Crippen molar-refractivity contribution in [2.24, 2.45) is 0 Å². The molecule has 0 saturated carbocycles. The van der Waals surface area contributed by atoms with Gasteiger partial charge in [0.1, 0.15) is 16.6 Å². The summed E-state index contributed by atoms with van der Waals surface area (Å²) in [6.45, 7) is 0. The topological polar surface area (TPSA) is 110 Å². The second kappa shape index (κ2) is 6.35. The Morgan fingerprint density at radius 2 is 2.05 bits per heavy atom. The van der Waals surface area contributed by atoms with E-state index in [0.717, 1.165) is 0 Å². The molecule has 1 fully saturated rings. The van der Waals surface area contributed by atoms with E-state index < -0.39 is 27.0 Å². The van der Waals surface area contributed by atoms with Gasteiger partial charge >= 0.3 is 5.97 Å². The van der Waals surface area contributed by atoms with Crippen LogP contribution in [0.3, 0.4) is 0 Å². The fourth-order valence-corrected chi connectivity index (χ4v) is 4.22. The van der Waals surface area contributed by atoms with Gasteiger partial charge in [0.05, 0.1) is 12.9 Å². The van der Waals surface area contributed by atoms with E-state index in [4.69, 9.17) is 9.84 Å². The number of ether oxygens (including phenoxy) is 1. The highest BCUT2D eigenvalue weighted by molar-refractivity contribution is 7.92. The number of carbonyl (C=O) groups is 2. The molecule has 1 aromatic carbocycles. The molecule has 0 aromatic heterocycles. The van der Waals surface area contributed by atoms with E-state index in [-0.39, 0.29) is 17.1 Å². The van der Waals surface area contributed by atoms with Crippen molar-refractivity contribution >= 4 is 27.4 Å². The molecule has 1 aromatic rings. The van der Waals surface area contributed by atoms with Gasteiger partial charge in [-0.05, 0) is 25.0 Å². The smallest absolute Gasteiger partial charge is 0.339 e. The van der Waals surface area contributed by atoms with Crippen molar-refractivity contribution in [1.82, 2.24) is 0 Å². The van der Waals surface area contributed by atoms with Crippen molar-refractivity contribution in [3.63, 3.8) is 0 Å². The van der Waals surface area contributed by atoms with Gasteiger partial charge in [-0.2, -0.15) is 0 Å². The first-order valence-electron chi connectivity index (χ1n) is 6.79. The highest BCUT2D eigenvalue weighted by atomic mass is 32.2. The number of carboxylic acids is 1. The van der Waals surface area contributed by atoms with Gasteiger partial charge in [-0.15, -0.1) is 0 Å². The van der Waals surface area contributed by atoms with Crippen molar-refractivity contribution < 1.29 is 27.9 Å². The molecule has 1 unspecified atom stereocenters. The lowest BCUT2D eigenvalue weighted by atomic mass is 10.1. The molecule has 2 N–H and O–H groups in total. The van der Waals surface area contributed by atoms with Crippen LogP contribution in [0.1, 0.15) is 29.6 Å². The lowest BCUT2D eigenvalue weighted by molar-refractivity contribution is -0.116. The monoisotopic (exact) mass is 327 g/mol. The fourth-order valence-electron chi connectivity index (χ4n) is 2.42. The Labute approximate surface area is 128 Å². The summed E-state index contributed by atoms with van der Waals surface area (Å²) in [6, 6.07) is 4.06. The molecule has 1 atom stereocenters. The van der Waals surface area contributed by atoms with Crippen LogP contribution in [0.5, 0.6) is 5.75 Å². The Bertz CT molecular complexity index is 697. The number of anilines is 1. The molecule has 2 rings (SSSR count). The van der Waals surface area contributed by atoms with Gasteiger partial charge in [0, 0.05) is 11.8 Å². The summed E-state index contributed by atoms with van der Waals surface area (Å²) in [6.07, 6.45) is 1.57. The number of sulfone groups is 1. The van der Waals surface area contributed by atoms with Gasteiger partial charge in [-0.25, -0.2) is 13.2 Å². The van der Waals surface area contributed by atoms with E-state index in [9.17, 15) is 18.0 Å². The molecule has 1 amide bonds. The minimum Gasteiger partial charge on any atom is -0.496 e. The molecule has 0 aliphatic carbocycles. The van der Waals surface area contributed by atoms with Crippen molar-refractivity contribution in [2.75, 3.05) is 18.2 Å². The zero-order valence-electron chi connectivity index (χ0n) is 12.0. The van der Waals surface area contributed by atoms with Crippen LogP contribution in [0, 0.1) is 0 Å². The summed E-state index contributed by atoms with van der Waals surface area (Å²) < 4.78 is 28.8. The van der Waals surface area contributed by atoms with Crippen molar-refractivity contribution in [1.29, 1.82) is 0 Å². The summed E-state index contributed by atoms with van der Waals surface area (Å²) in [4.78, 5) is 23.2. The van der Waals surface area contributed by atoms with E-state index in [1.807, 2.05) is 0 Å². The zero-order chi connectivity index (χ0) is 16.3. The first kappa shape index (κ1) is 16.3. The van der Waals surface area contributed by atoms with E-state index in [2.05, 4.69) is 5.32 Å². The molecule has 0 radical (unpaired) electrons. The number of hydrogen-bond acceptors (Lipinski definition) is 5. The maximum absolute atomic E-state index is 12.2. The second-order valence-corrected chi connectivity index (χ2v) is 7.36. The highest BCUT2D eigenvalue weighted by Crippen LogP contribution is 2.25. The first-order valence-corrected chi connectivity index (χ1v) is 8.50. The Morgan fingerprint density at radius 1 is 1.32 bits per heavy atom. The quantitative estimate of drug-likeness (QED) is 0.862. The summed E-state index contributed by atoms with van der Waals surface area (Å²) in [5.41, 5.74) is 0.262. The minimum absolute atomic E-state index is 0.0202. The molecular weight excluding hydrogens is 310 g/mol. The lowest BCUT2D eigenvalue weighted by Gasteiger charge is -2.21. The maximum atomic E-state index is 12.2. The van der Waals surface area contributed by atoms with Gasteiger partial charge < -0.3 is 15.2 Å². The Kier molecular flexibility index (Phi) is 4.70. The van der Waals surface area contributed by atoms with Gasteiger partial charge in [0.25, 0.3) is 0 Å². The standard InChI is InChI=1S/C14H17NO6S/c1-21-11-8-9(5-6-10(11)14(17)18)15-13(16)12-4-2-3-7-22(12,19)20/h5-6,8,12H,2-4,7H2,1H3,(H,15,16)(H,17,18). The molecular formula is C14H17NO6S. The predicted molar refractivity (Wildman–Crippen MR) is 80.0 cm³/mol. The summed E-state index contributed by atoms with van der Waals surface area (Å²) in [5, 5.41) is 10.5. The van der Waals surface area contributed by atoms with Crippen LogP contribution < -0.4 is 10.1 Å². The Hall–Kier alpha value is -2.09. The van der Waals surface area contributed by atoms with E-state index in [0.29, 0.717) is 24.9 Å². The number of hydrogen-bond donors (Lipinski definition) is 2. The van der Waals surface area contributed by atoms with E-state index >= 15 is 0 Å². The van der Waals surface area contributed by atoms with Gasteiger partial charge in [0.15, 0.2) is 9.84 Å². The lowest BCUT2D eigenvalue weighted by Crippen LogP contribution is -2.39. The summed E-state index contributed by atoms with van der Waals surface area (Å²) in [5.74, 6) is -1.63. The van der Waals surface area contributed by atoms with Crippen LogP contribution in [-0.2, 0) is 14.6 Å². The number of nitrogens with one attached hydrogen (secondary N) is 1. The number of carbonyl (C=O) groups excluding carboxylic acids is 1. The average Bonchev–Trinajstić information content (AvgIpc) is 2.46. The molecule has 1 saturated heterocycles. The molecule has 1 heterocycles. The first-order chi connectivity index (χ1) is 10.3. The third kappa shape index (κ3) is 3.38. The summed E-state index contributed by atoms with van der Waals surface area (Å²) in [7, 11) is -2.10. The Balaban J connectivity index is 2.20. The molecule has 1 aliphatic rings.